The minimum absolute atomic E-state index is 0.0858. The molecule has 0 aromatic carbocycles. The van der Waals surface area contributed by atoms with Gasteiger partial charge in [-0.15, -0.1) is 11.3 Å². The molecule has 5 nitrogen and oxygen atoms in total. The van der Waals surface area contributed by atoms with Gasteiger partial charge in [0.15, 0.2) is 5.16 Å². The second-order valence-electron chi connectivity index (χ2n) is 3.26. The van der Waals surface area contributed by atoms with Gasteiger partial charge in [0.2, 0.25) is 0 Å². The zero-order valence-corrected chi connectivity index (χ0v) is 10.9. The van der Waals surface area contributed by atoms with Crippen LogP contribution in [0.5, 0.6) is 0 Å². The Morgan fingerprint density at radius 3 is 3.12 bits per heavy atom. The van der Waals surface area contributed by atoms with E-state index in [4.69, 9.17) is 0 Å². The van der Waals surface area contributed by atoms with Crippen LogP contribution in [0.2, 0.25) is 0 Å². The zero-order valence-electron chi connectivity index (χ0n) is 9.30. The van der Waals surface area contributed by atoms with Gasteiger partial charge in [0.1, 0.15) is 4.70 Å². The summed E-state index contributed by atoms with van der Waals surface area (Å²) in [6.45, 7) is 0. The summed E-state index contributed by atoms with van der Waals surface area (Å²) < 4.78 is 6.63. The minimum atomic E-state index is -0.338. The molecular formula is C10H10N2O3S2. The van der Waals surface area contributed by atoms with Gasteiger partial charge < -0.3 is 4.74 Å². The smallest absolute Gasteiger partial charge is 0.316 e. The standard InChI is InChI=1S/C10H10N2O3S2/c1-12-9(14)8-6(3-4-16-8)11-10(12)17-5-7(13)15-2/h3-4H,5H2,1-2H3. The largest absolute Gasteiger partial charge is 0.468 e. The third kappa shape index (κ3) is 2.34. The Morgan fingerprint density at radius 2 is 2.41 bits per heavy atom. The lowest BCUT2D eigenvalue weighted by Gasteiger charge is -2.05. The van der Waals surface area contributed by atoms with Gasteiger partial charge in [-0.1, -0.05) is 11.8 Å². The number of carbonyl (C=O) groups is 1. The van der Waals surface area contributed by atoms with Gasteiger partial charge in [0, 0.05) is 7.05 Å². The van der Waals surface area contributed by atoms with Gasteiger partial charge in [-0.2, -0.15) is 0 Å². The lowest BCUT2D eigenvalue weighted by atomic mass is 10.5. The zero-order chi connectivity index (χ0) is 12.4. The first-order valence-electron chi connectivity index (χ1n) is 4.77. The van der Waals surface area contributed by atoms with E-state index in [9.17, 15) is 9.59 Å². The SMILES string of the molecule is COC(=O)CSc1nc2ccsc2c(=O)n1C. The normalized spacial score (nSPS) is 10.7. The number of carbonyl (C=O) groups excluding carboxylic acids is 1. The quantitative estimate of drug-likeness (QED) is 0.477. The maximum Gasteiger partial charge on any atom is 0.316 e. The Balaban J connectivity index is 2.37. The average molecular weight is 270 g/mol. The Kier molecular flexibility index (Phi) is 3.49. The van der Waals surface area contributed by atoms with Gasteiger partial charge in [-0.05, 0) is 11.4 Å². The molecule has 0 fully saturated rings. The molecule has 0 atom stereocenters. The summed E-state index contributed by atoms with van der Waals surface area (Å²) in [5.41, 5.74) is 0.586. The van der Waals surface area contributed by atoms with Crippen molar-refractivity contribution in [3.8, 4) is 0 Å². The number of esters is 1. The van der Waals surface area contributed by atoms with Crippen molar-refractivity contribution in [2.75, 3.05) is 12.9 Å². The van der Waals surface area contributed by atoms with Gasteiger partial charge in [-0.25, -0.2) is 4.98 Å². The molecule has 90 valence electrons. The monoisotopic (exact) mass is 270 g/mol. The Hall–Kier alpha value is -1.34. The Morgan fingerprint density at radius 1 is 1.65 bits per heavy atom. The highest BCUT2D eigenvalue weighted by Crippen LogP contribution is 2.19. The fourth-order valence-corrected chi connectivity index (χ4v) is 2.89. The van der Waals surface area contributed by atoms with Crippen molar-refractivity contribution in [3.63, 3.8) is 0 Å². The van der Waals surface area contributed by atoms with Crippen LogP contribution in [-0.4, -0.2) is 28.4 Å². The van der Waals surface area contributed by atoms with Gasteiger partial charge >= 0.3 is 5.97 Å². The Bertz CT molecular complexity index is 618. The molecule has 0 radical (unpaired) electrons. The first kappa shape index (κ1) is 12.1. The van der Waals surface area contributed by atoms with Crippen LogP contribution in [0.1, 0.15) is 0 Å². The molecule has 0 N–H and O–H groups in total. The molecule has 0 spiro atoms. The first-order valence-corrected chi connectivity index (χ1v) is 6.64. The molecule has 0 amide bonds. The fourth-order valence-electron chi connectivity index (χ4n) is 1.28. The number of thiophene rings is 1. The molecule has 7 heteroatoms. The number of hydrogen-bond acceptors (Lipinski definition) is 6. The van der Waals surface area contributed by atoms with Crippen LogP contribution < -0.4 is 5.56 Å². The molecule has 2 heterocycles. The summed E-state index contributed by atoms with van der Waals surface area (Å²) in [4.78, 5) is 27.3. The number of nitrogens with zero attached hydrogens (tertiary/aromatic N) is 2. The maximum absolute atomic E-state index is 11.9. The summed E-state index contributed by atoms with van der Waals surface area (Å²) in [5, 5.41) is 2.35. The third-order valence-electron chi connectivity index (χ3n) is 2.19. The summed E-state index contributed by atoms with van der Waals surface area (Å²) >= 11 is 2.56. The van der Waals surface area contributed by atoms with E-state index in [0.717, 1.165) is 0 Å². The molecule has 0 saturated carbocycles. The van der Waals surface area contributed by atoms with Crippen LogP contribution in [-0.2, 0) is 16.6 Å². The van der Waals surface area contributed by atoms with E-state index in [1.54, 1.807) is 13.1 Å². The van der Waals surface area contributed by atoms with E-state index in [1.165, 1.54) is 34.8 Å². The molecule has 0 saturated heterocycles. The number of methoxy groups -OCH3 is 1. The van der Waals surface area contributed by atoms with Crippen LogP contribution in [0.3, 0.4) is 0 Å². The summed E-state index contributed by atoms with van der Waals surface area (Å²) in [5.74, 6) is -0.193. The van der Waals surface area contributed by atoms with E-state index < -0.39 is 0 Å². The molecule has 0 aliphatic carbocycles. The molecule has 17 heavy (non-hydrogen) atoms. The summed E-state index contributed by atoms with van der Waals surface area (Å²) in [6.07, 6.45) is 0. The second-order valence-corrected chi connectivity index (χ2v) is 5.12. The second kappa shape index (κ2) is 4.89. The highest BCUT2D eigenvalue weighted by Gasteiger charge is 2.11. The van der Waals surface area contributed by atoms with Crippen molar-refractivity contribution in [3.05, 3.63) is 21.8 Å². The van der Waals surface area contributed by atoms with Gasteiger partial charge in [-0.3, -0.25) is 14.2 Å². The van der Waals surface area contributed by atoms with Gasteiger partial charge in [0.05, 0.1) is 18.4 Å². The fraction of sp³-hybridized carbons (Fsp3) is 0.300. The molecule has 0 aliphatic rings. The third-order valence-corrected chi connectivity index (χ3v) is 4.09. The molecule has 2 aromatic heterocycles. The molecule has 0 bridgehead atoms. The van der Waals surface area contributed by atoms with Crippen molar-refractivity contribution in [1.82, 2.24) is 9.55 Å². The van der Waals surface area contributed by atoms with E-state index in [1.807, 2.05) is 5.38 Å². The number of thioether (sulfide) groups is 1. The molecule has 0 unspecified atom stereocenters. The van der Waals surface area contributed by atoms with Crippen molar-refractivity contribution < 1.29 is 9.53 Å². The Labute approximate surface area is 105 Å². The number of aromatic nitrogens is 2. The van der Waals surface area contributed by atoms with E-state index >= 15 is 0 Å². The van der Waals surface area contributed by atoms with Crippen molar-refractivity contribution in [2.45, 2.75) is 5.16 Å². The van der Waals surface area contributed by atoms with Crippen LogP contribution >= 0.6 is 23.1 Å². The number of fused-ring (bicyclic) bond motifs is 1. The predicted octanol–water partition coefficient (Wildman–Crippen LogP) is 1.26. The van der Waals surface area contributed by atoms with E-state index in [-0.39, 0.29) is 17.3 Å². The number of hydrogen-bond donors (Lipinski definition) is 0. The lowest BCUT2D eigenvalue weighted by Crippen LogP contribution is -2.19. The lowest BCUT2D eigenvalue weighted by molar-refractivity contribution is -0.137. The van der Waals surface area contributed by atoms with Crippen LogP contribution in [0.15, 0.2) is 21.4 Å². The number of ether oxygens (including phenoxy) is 1. The highest BCUT2D eigenvalue weighted by atomic mass is 32.2. The highest BCUT2D eigenvalue weighted by molar-refractivity contribution is 7.99. The predicted molar refractivity (Wildman–Crippen MR) is 67.6 cm³/mol. The van der Waals surface area contributed by atoms with Crippen molar-refractivity contribution in [1.29, 1.82) is 0 Å². The molecule has 2 rings (SSSR count). The average Bonchev–Trinajstić information content (AvgIpc) is 2.79. The van der Waals surface area contributed by atoms with Crippen LogP contribution in [0, 0.1) is 0 Å². The summed E-state index contributed by atoms with van der Waals surface area (Å²) in [6, 6.07) is 1.80. The first-order chi connectivity index (χ1) is 8.13. The summed E-state index contributed by atoms with van der Waals surface area (Å²) in [7, 11) is 2.98. The van der Waals surface area contributed by atoms with Crippen LogP contribution in [0.25, 0.3) is 10.2 Å². The molecule has 2 aromatic rings. The van der Waals surface area contributed by atoms with Crippen molar-refractivity contribution in [2.24, 2.45) is 7.05 Å². The van der Waals surface area contributed by atoms with Gasteiger partial charge in [0.25, 0.3) is 5.56 Å². The van der Waals surface area contributed by atoms with Crippen molar-refractivity contribution >= 4 is 39.3 Å². The topological polar surface area (TPSA) is 61.2 Å². The van der Waals surface area contributed by atoms with E-state index in [0.29, 0.717) is 15.4 Å². The molecular weight excluding hydrogens is 260 g/mol. The number of rotatable bonds is 3. The minimum Gasteiger partial charge on any atom is -0.468 e. The maximum atomic E-state index is 11.9. The van der Waals surface area contributed by atoms with Crippen LogP contribution in [0.4, 0.5) is 0 Å². The van der Waals surface area contributed by atoms with E-state index in [2.05, 4.69) is 9.72 Å². The molecule has 0 aliphatic heterocycles.